The third-order valence-electron chi connectivity index (χ3n) is 5.78. The van der Waals surface area contributed by atoms with E-state index in [9.17, 15) is 14.4 Å². The summed E-state index contributed by atoms with van der Waals surface area (Å²) in [5.74, 6) is -0.242. The van der Waals surface area contributed by atoms with Crippen molar-refractivity contribution < 1.29 is 14.3 Å². The molecule has 0 spiro atoms. The zero-order valence-corrected chi connectivity index (χ0v) is 19.5. The molecule has 2 aromatic carbocycles. The minimum Gasteiger partial charge on any atom is -0.444 e. The summed E-state index contributed by atoms with van der Waals surface area (Å²) in [6, 6.07) is 12.3. The van der Waals surface area contributed by atoms with E-state index in [1.807, 2.05) is 45.0 Å². The van der Waals surface area contributed by atoms with Crippen molar-refractivity contribution in [3.63, 3.8) is 0 Å². The standard InChI is InChI=1S/C25H28N4O4/c1-25(2,3)33-24(32)29-14-17-9-7-6-8-15(17)12-20(29)21-23(31)28(5)19-13-16(22(30)26-4)10-11-18(19)27-21/h6-11,13,20H,12,14H2,1-5H3,(H,26,30). The second-order valence-electron chi connectivity index (χ2n) is 9.24. The molecule has 1 aliphatic rings. The van der Waals surface area contributed by atoms with Crippen LogP contribution in [0.1, 0.15) is 54.0 Å². The molecule has 1 N–H and O–H groups in total. The van der Waals surface area contributed by atoms with Crippen LogP contribution >= 0.6 is 0 Å². The summed E-state index contributed by atoms with van der Waals surface area (Å²) in [6.07, 6.45) is -0.0274. The number of fused-ring (bicyclic) bond motifs is 2. The molecule has 0 saturated heterocycles. The smallest absolute Gasteiger partial charge is 0.411 e. The van der Waals surface area contributed by atoms with Crippen molar-refractivity contribution in [3.8, 4) is 0 Å². The number of aromatic nitrogens is 2. The first-order chi connectivity index (χ1) is 15.6. The Bertz CT molecular complexity index is 1310. The number of nitrogens with one attached hydrogen (secondary N) is 1. The SMILES string of the molecule is CNC(=O)c1ccc2nc(C3Cc4ccccc4CN3C(=O)OC(C)(C)C)c(=O)n(C)c2c1. The van der Waals surface area contributed by atoms with Crippen LogP contribution in [0.3, 0.4) is 0 Å². The van der Waals surface area contributed by atoms with Gasteiger partial charge < -0.3 is 14.6 Å². The van der Waals surface area contributed by atoms with Gasteiger partial charge in [0.05, 0.1) is 17.1 Å². The van der Waals surface area contributed by atoms with E-state index in [-0.39, 0.29) is 17.2 Å². The van der Waals surface area contributed by atoms with Crippen molar-refractivity contribution >= 4 is 23.0 Å². The highest BCUT2D eigenvalue weighted by Gasteiger charge is 2.36. The fraction of sp³-hybridized carbons (Fsp3) is 0.360. The third kappa shape index (κ3) is 4.33. The molecule has 4 rings (SSSR count). The van der Waals surface area contributed by atoms with Crippen LogP contribution in [0.4, 0.5) is 4.79 Å². The first kappa shape index (κ1) is 22.5. The Kier molecular flexibility index (Phi) is 5.69. The molecule has 3 aromatic rings. The predicted octanol–water partition coefficient (Wildman–Crippen LogP) is 3.33. The highest BCUT2D eigenvalue weighted by atomic mass is 16.6. The van der Waals surface area contributed by atoms with Crippen molar-refractivity contribution in [1.29, 1.82) is 0 Å². The molecule has 2 heterocycles. The number of nitrogens with zero attached hydrogens (tertiary/aromatic N) is 3. The van der Waals surface area contributed by atoms with E-state index in [0.717, 1.165) is 11.1 Å². The van der Waals surface area contributed by atoms with Crippen molar-refractivity contribution in [3.05, 3.63) is 75.2 Å². The number of amides is 2. The average Bonchev–Trinajstić information content (AvgIpc) is 2.78. The lowest BCUT2D eigenvalue weighted by Crippen LogP contribution is -2.44. The second-order valence-corrected chi connectivity index (χ2v) is 9.24. The van der Waals surface area contributed by atoms with E-state index in [4.69, 9.17) is 4.74 Å². The van der Waals surface area contributed by atoms with Gasteiger partial charge in [-0.2, -0.15) is 0 Å². The van der Waals surface area contributed by atoms with Gasteiger partial charge in [0, 0.05) is 26.2 Å². The van der Waals surface area contributed by atoms with Crippen LogP contribution in [0.2, 0.25) is 0 Å². The van der Waals surface area contributed by atoms with Gasteiger partial charge in [0.25, 0.3) is 11.5 Å². The Hall–Kier alpha value is -3.68. The zero-order chi connectivity index (χ0) is 23.9. The summed E-state index contributed by atoms with van der Waals surface area (Å²) < 4.78 is 7.15. The monoisotopic (exact) mass is 448 g/mol. The maximum Gasteiger partial charge on any atom is 0.411 e. The van der Waals surface area contributed by atoms with Gasteiger partial charge in [-0.1, -0.05) is 24.3 Å². The Balaban J connectivity index is 1.84. The number of hydrogen-bond acceptors (Lipinski definition) is 5. The molecule has 0 radical (unpaired) electrons. The van der Waals surface area contributed by atoms with Crippen LogP contribution in [0.5, 0.6) is 0 Å². The van der Waals surface area contributed by atoms with Crippen LogP contribution in [0.15, 0.2) is 47.3 Å². The second kappa shape index (κ2) is 8.35. The number of carbonyl (C=O) groups is 2. The number of carbonyl (C=O) groups excluding carboxylic acids is 2. The Morgan fingerprint density at radius 1 is 1.12 bits per heavy atom. The van der Waals surface area contributed by atoms with Gasteiger partial charge in [-0.15, -0.1) is 0 Å². The summed E-state index contributed by atoms with van der Waals surface area (Å²) in [6.45, 7) is 5.77. The first-order valence-electron chi connectivity index (χ1n) is 10.9. The Morgan fingerprint density at radius 3 is 2.48 bits per heavy atom. The summed E-state index contributed by atoms with van der Waals surface area (Å²) in [5, 5.41) is 2.58. The quantitative estimate of drug-likeness (QED) is 0.649. The van der Waals surface area contributed by atoms with E-state index >= 15 is 0 Å². The van der Waals surface area contributed by atoms with Crippen molar-refractivity contribution in [1.82, 2.24) is 19.8 Å². The average molecular weight is 449 g/mol. The van der Waals surface area contributed by atoms with Crippen LogP contribution in [-0.2, 0) is 24.8 Å². The lowest BCUT2D eigenvalue weighted by Gasteiger charge is -2.37. The fourth-order valence-electron chi connectivity index (χ4n) is 4.13. The summed E-state index contributed by atoms with van der Waals surface area (Å²) >= 11 is 0. The number of hydrogen-bond donors (Lipinski definition) is 1. The van der Waals surface area contributed by atoms with Crippen LogP contribution in [0.25, 0.3) is 11.0 Å². The molecule has 8 heteroatoms. The lowest BCUT2D eigenvalue weighted by molar-refractivity contribution is 0.0109. The lowest BCUT2D eigenvalue weighted by atomic mass is 9.92. The number of aryl methyl sites for hydroxylation is 1. The fourth-order valence-corrected chi connectivity index (χ4v) is 4.13. The number of benzene rings is 2. The molecule has 1 aliphatic heterocycles. The molecule has 1 unspecified atom stereocenters. The van der Waals surface area contributed by atoms with Gasteiger partial charge in [-0.3, -0.25) is 14.5 Å². The summed E-state index contributed by atoms with van der Waals surface area (Å²) in [4.78, 5) is 44.9. The van der Waals surface area contributed by atoms with Gasteiger partial charge >= 0.3 is 6.09 Å². The van der Waals surface area contributed by atoms with E-state index in [0.29, 0.717) is 29.6 Å². The van der Waals surface area contributed by atoms with Crippen molar-refractivity contribution in [2.45, 2.75) is 45.4 Å². The molecule has 2 amide bonds. The third-order valence-corrected chi connectivity index (χ3v) is 5.78. The van der Waals surface area contributed by atoms with E-state index in [1.54, 1.807) is 37.2 Å². The normalized spacial score (nSPS) is 15.8. The molecular formula is C25H28N4O4. The van der Waals surface area contributed by atoms with Crippen LogP contribution < -0.4 is 10.9 Å². The molecule has 172 valence electrons. The largest absolute Gasteiger partial charge is 0.444 e. The molecular weight excluding hydrogens is 420 g/mol. The summed E-state index contributed by atoms with van der Waals surface area (Å²) in [5.41, 5.74) is 2.95. The number of rotatable bonds is 2. The van der Waals surface area contributed by atoms with E-state index in [2.05, 4.69) is 10.3 Å². The van der Waals surface area contributed by atoms with E-state index < -0.39 is 17.7 Å². The molecule has 0 saturated carbocycles. The van der Waals surface area contributed by atoms with Crippen LogP contribution in [0, 0.1) is 0 Å². The minimum atomic E-state index is -0.670. The van der Waals surface area contributed by atoms with Crippen molar-refractivity contribution in [2.75, 3.05) is 7.05 Å². The number of ether oxygens (including phenoxy) is 1. The molecule has 0 bridgehead atoms. The first-order valence-corrected chi connectivity index (χ1v) is 10.9. The van der Waals surface area contributed by atoms with E-state index in [1.165, 1.54) is 4.57 Å². The maximum atomic E-state index is 13.4. The highest BCUT2D eigenvalue weighted by molar-refractivity contribution is 5.97. The van der Waals surface area contributed by atoms with Gasteiger partial charge in [-0.05, 0) is 56.5 Å². The zero-order valence-electron chi connectivity index (χ0n) is 19.5. The Morgan fingerprint density at radius 2 is 1.82 bits per heavy atom. The topological polar surface area (TPSA) is 93.5 Å². The predicted molar refractivity (Wildman–Crippen MR) is 125 cm³/mol. The van der Waals surface area contributed by atoms with Gasteiger partial charge in [0.2, 0.25) is 0 Å². The molecule has 1 atom stereocenters. The molecule has 1 aromatic heterocycles. The molecule has 0 aliphatic carbocycles. The van der Waals surface area contributed by atoms with Crippen molar-refractivity contribution in [2.24, 2.45) is 7.05 Å². The minimum absolute atomic E-state index is 0.242. The van der Waals surface area contributed by atoms with Gasteiger partial charge in [0.1, 0.15) is 11.3 Å². The molecule has 0 fully saturated rings. The van der Waals surface area contributed by atoms with Crippen LogP contribution in [-0.4, -0.2) is 39.1 Å². The summed E-state index contributed by atoms with van der Waals surface area (Å²) in [7, 11) is 3.21. The van der Waals surface area contributed by atoms with Gasteiger partial charge in [0.15, 0.2) is 0 Å². The molecule has 8 nitrogen and oxygen atoms in total. The van der Waals surface area contributed by atoms with Gasteiger partial charge in [-0.25, -0.2) is 9.78 Å². The highest BCUT2D eigenvalue weighted by Crippen LogP contribution is 2.33. The maximum absolute atomic E-state index is 13.4. The molecule has 33 heavy (non-hydrogen) atoms. The Labute approximate surface area is 192 Å².